The lowest BCUT2D eigenvalue weighted by molar-refractivity contribution is -0.127. The van der Waals surface area contributed by atoms with Gasteiger partial charge >= 0.3 is 0 Å². The molecule has 7 nitrogen and oxygen atoms in total. The Morgan fingerprint density at radius 1 is 1.35 bits per heavy atom. The normalized spacial score (nSPS) is 14.7. The maximum Gasteiger partial charge on any atom is 0.243 e. The van der Waals surface area contributed by atoms with E-state index in [1.165, 1.54) is 0 Å². The first kappa shape index (κ1) is 18.0. The Morgan fingerprint density at radius 2 is 2.08 bits per heavy atom. The molecule has 0 spiro atoms. The van der Waals surface area contributed by atoms with Crippen molar-refractivity contribution in [3.8, 4) is 5.75 Å². The van der Waals surface area contributed by atoms with Gasteiger partial charge < -0.3 is 10.1 Å². The molecule has 3 rings (SSSR count). The Kier molecular flexibility index (Phi) is 5.25. The van der Waals surface area contributed by atoms with Crippen molar-refractivity contribution in [1.29, 1.82) is 0 Å². The van der Waals surface area contributed by atoms with Crippen molar-refractivity contribution < 1.29 is 14.3 Å². The second-order valence-electron chi connectivity index (χ2n) is 6.37. The van der Waals surface area contributed by atoms with Gasteiger partial charge in [0.1, 0.15) is 17.6 Å². The van der Waals surface area contributed by atoms with Crippen molar-refractivity contribution in [2.75, 3.05) is 12.0 Å². The Hall–Kier alpha value is -2.83. The number of aromatic nitrogens is 2. The van der Waals surface area contributed by atoms with Gasteiger partial charge in [-0.2, -0.15) is 5.10 Å². The molecule has 1 N–H and O–H groups in total. The van der Waals surface area contributed by atoms with E-state index in [9.17, 15) is 9.59 Å². The molecular weight excluding hydrogens is 332 g/mol. The molecule has 26 heavy (non-hydrogen) atoms. The van der Waals surface area contributed by atoms with Crippen molar-refractivity contribution in [3.05, 3.63) is 41.6 Å². The number of anilines is 1. The highest BCUT2D eigenvalue weighted by molar-refractivity contribution is 6.00. The molecule has 1 atom stereocenters. The minimum absolute atomic E-state index is 0.0381. The molecule has 1 aromatic heterocycles. The molecule has 7 heteroatoms. The second-order valence-corrected chi connectivity index (χ2v) is 6.37. The van der Waals surface area contributed by atoms with Gasteiger partial charge in [0.05, 0.1) is 19.3 Å². The highest BCUT2D eigenvalue weighted by atomic mass is 16.5. The Balaban J connectivity index is 1.73. The fourth-order valence-corrected chi connectivity index (χ4v) is 3.21. The lowest BCUT2D eigenvalue weighted by Gasteiger charge is -2.33. The number of hydrogen-bond acceptors (Lipinski definition) is 4. The molecule has 0 fully saturated rings. The van der Waals surface area contributed by atoms with Crippen LogP contribution in [0.5, 0.6) is 5.75 Å². The molecule has 1 aliphatic rings. The van der Waals surface area contributed by atoms with Crippen LogP contribution in [-0.2, 0) is 22.7 Å². The SMILES string of the molecule is CC[C@@H](C(=O)NCc1ccc(OC)cc1)N1C(=O)CCn2nc(C)cc21. The maximum absolute atomic E-state index is 12.8. The van der Waals surface area contributed by atoms with E-state index >= 15 is 0 Å². The van der Waals surface area contributed by atoms with Crippen LogP contribution in [-0.4, -0.2) is 34.7 Å². The van der Waals surface area contributed by atoms with Crippen molar-refractivity contribution in [2.45, 2.75) is 45.8 Å². The van der Waals surface area contributed by atoms with E-state index in [0.29, 0.717) is 31.7 Å². The Morgan fingerprint density at radius 3 is 2.73 bits per heavy atom. The van der Waals surface area contributed by atoms with Crippen LogP contribution in [0.3, 0.4) is 0 Å². The van der Waals surface area contributed by atoms with Gasteiger partial charge in [0.2, 0.25) is 11.8 Å². The first-order chi connectivity index (χ1) is 12.5. The van der Waals surface area contributed by atoms with Gasteiger partial charge in [-0.25, -0.2) is 4.68 Å². The molecule has 0 radical (unpaired) electrons. The van der Waals surface area contributed by atoms with Gasteiger partial charge in [-0.15, -0.1) is 0 Å². The van der Waals surface area contributed by atoms with Gasteiger partial charge in [0.25, 0.3) is 0 Å². The fraction of sp³-hybridized carbons (Fsp3) is 0.421. The summed E-state index contributed by atoms with van der Waals surface area (Å²) in [4.78, 5) is 26.9. The van der Waals surface area contributed by atoms with Crippen LogP contribution in [0, 0.1) is 6.92 Å². The zero-order valence-electron chi connectivity index (χ0n) is 15.4. The minimum atomic E-state index is -0.545. The number of nitrogens with zero attached hydrogens (tertiary/aromatic N) is 3. The fourth-order valence-electron chi connectivity index (χ4n) is 3.21. The summed E-state index contributed by atoms with van der Waals surface area (Å²) in [5.74, 6) is 1.27. The van der Waals surface area contributed by atoms with Gasteiger partial charge in [-0.05, 0) is 31.0 Å². The Bertz CT molecular complexity index is 798. The van der Waals surface area contributed by atoms with Crippen LogP contribution in [0.15, 0.2) is 30.3 Å². The third-order valence-corrected chi connectivity index (χ3v) is 4.56. The van der Waals surface area contributed by atoms with E-state index in [1.807, 2.05) is 44.2 Å². The van der Waals surface area contributed by atoms with E-state index in [-0.39, 0.29) is 11.8 Å². The van der Waals surface area contributed by atoms with Crippen LogP contribution in [0.1, 0.15) is 31.0 Å². The number of nitrogens with one attached hydrogen (secondary N) is 1. The summed E-state index contributed by atoms with van der Waals surface area (Å²) in [6, 6.07) is 8.84. The van der Waals surface area contributed by atoms with Crippen LogP contribution >= 0.6 is 0 Å². The number of aryl methyl sites for hydroxylation is 2. The largest absolute Gasteiger partial charge is 0.497 e. The molecule has 2 amide bonds. The molecule has 0 saturated carbocycles. The van der Waals surface area contributed by atoms with E-state index in [0.717, 1.165) is 17.0 Å². The summed E-state index contributed by atoms with van der Waals surface area (Å²) in [5, 5.41) is 7.34. The first-order valence-corrected chi connectivity index (χ1v) is 8.80. The average molecular weight is 356 g/mol. The standard InChI is InChI=1S/C19H24N4O3/c1-4-16(19(25)20-12-14-5-7-15(26-3)8-6-14)23-17-11-13(2)21-22(17)10-9-18(23)24/h5-8,11,16H,4,9-10,12H2,1-3H3,(H,20,25)/t16-/m0/s1. The number of rotatable bonds is 6. The summed E-state index contributed by atoms with van der Waals surface area (Å²) >= 11 is 0. The molecule has 138 valence electrons. The third kappa shape index (κ3) is 3.56. The smallest absolute Gasteiger partial charge is 0.243 e. The monoisotopic (exact) mass is 356 g/mol. The minimum Gasteiger partial charge on any atom is -0.497 e. The van der Waals surface area contributed by atoms with Crippen LogP contribution in [0.25, 0.3) is 0 Å². The van der Waals surface area contributed by atoms with Crippen LogP contribution in [0.2, 0.25) is 0 Å². The number of hydrogen-bond donors (Lipinski definition) is 1. The van der Waals surface area contributed by atoms with Crippen LogP contribution in [0.4, 0.5) is 5.82 Å². The summed E-state index contributed by atoms with van der Waals surface area (Å²) in [7, 11) is 1.62. The average Bonchev–Trinajstić information content (AvgIpc) is 3.03. The molecule has 1 aromatic carbocycles. The molecule has 1 aliphatic heterocycles. The number of amides is 2. The number of benzene rings is 1. The molecule has 0 unspecified atom stereocenters. The Labute approximate surface area is 152 Å². The predicted octanol–water partition coefficient (Wildman–Crippen LogP) is 2.03. The highest BCUT2D eigenvalue weighted by Gasteiger charge is 2.34. The van der Waals surface area contributed by atoms with E-state index < -0.39 is 6.04 Å². The first-order valence-electron chi connectivity index (χ1n) is 8.80. The van der Waals surface area contributed by atoms with E-state index in [2.05, 4.69) is 10.4 Å². The summed E-state index contributed by atoms with van der Waals surface area (Å²) in [6.45, 7) is 4.76. The zero-order chi connectivity index (χ0) is 18.7. The topological polar surface area (TPSA) is 76.5 Å². The van der Waals surface area contributed by atoms with Crippen molar-refractivity contribution in [2.24, 2.45) is 0 Å². The lowest BCUT2D eigenvalue weighted by atomic mass is 10.1. The summed E-state index contributed by atoms with van der Waals surface area (Å²) < 4.78 is 6.94. The molecule has 2 heterocycles. The molecule has 0 bridgehead atoms. The van der Waals surface area contributed by atoms with E-state index in [4.69, 9.17) is 4.74 Å². The number of ether oxygens (including phenoxy) is 1. The lowest BCUT2D eigenvalue weighted by Crippen LogP contribution is -2.52. The van der Waals surface area contributed by atoms with Gasteiger partial charge in [0, 0.05) is 19.0 Å². The summed E-state index contributed by atoms with van der Waals surface area (Å²) in [5.41, 5.74) is 1.81. The summed E-state index contributed by atoms with van der Waals surface area (Å²) in [6.07, 6.45) is 0.890. The number of carbonyl (C=O) groups excluding carboxylic acids is 2. The van der Waals surface area contributed by atoms with Crippen molar-refractivity contribution in [3.63, 3.8) is 0 Å². The van der Waals surface area contributed by atoms with Gasteiger partial charge in [0.15, 0.2) is 0 Å². The number of fused-ring (bicyclic) bond motifs is 1. The van der Waals surface area contributed by atoms with Gasteiger partial charge in [-0.3, -0.25) is 14.5 Å². The molecule has 0 aliphatic carbocycles. The predicted molar refractivity (Wildman–Crippen MR) is 98.0 cm³/mol. The quantitative estimate of drug-likeness (QED) is 0.859. The van der Waals surface area contributed by atoms with Gasteiger partial charge in [-0.1, -0.05) is 19.1 Å². The maximum atomic E-state index is 12.8. The third-order valence-electron chi connectivity index (χ3n) is 4.56. The number of carbonyl (C=O) groups is 2. The highest BCUT2D eigenvalue weighted by Crippen LogP contribution is 2.26. The van der Waals surface area contributed by atoms with Crippen LogP contribution < -0.4 is 15.0 Å². The van der Waals surface area contributed by atoms with E-state index in [1.54, 1.807) is 16.7 Å². The van der Waals surface area contributed by atoms with Crippen molar-refractivity contribution in [1.82, 2.24) is 15.1 Å². The molecular formula is C19H24N4O3. The van der Waals surface area contributed by atoms with Crippen molar-refractivity contribution >= 4 is 17.6 Å². The molecule has 2 aromatic rings. The zero-order valence-corrected chi connectivity index (χ0v) is 15.4. The molecule has 0 saturated heterocycles. The second kappa shape index (κ2) is 7.59. The number of methoxy groups -OCH3 is 1.